The van der Waals surface area contributed by atoms with E-state index in [1.54, 1.807) is 12.1 Å². The number of thiazole rings is 1. The number of nitro benzene ring substituents is 1. The third-order valence-corrected chi connectivity index (χ3v) is 5.15. The minimum atomic E-state index is -0.581. The highest BCUT2D eigenvalue weighted by molar-refractivity contribution is 7.09. The molecule has 0 atom stereocenters. The number of carbonyl (C=O) groups is 1. The first-order chi connectivity index (χ1) is 12.1. The molecule has 3 rings (SSSR count). The van der Waals surface area contributed by atoms with Gasteiger partial charge in [-0.15, -0.1) is 11.3 Å². The van der Waals surface area contributed by atoms with E-state index in [-0.39, 0.29) is 17.9 Å². The van der Waals surface area contributed by atoms with Crippen LogP contribution in [-0.2, 0) is 17.8 Å². The molecule has 1 aromatic heterocycles. The summed E-state index contributed by atoms with van der Waals surface area (Å²) < 4.78 is 5.24. The molecule has 0 bridgehead atoms. The predicted octanol–water partition coefficient (Wildman–Crippen LogP) is 3.57. The fourth-order valence-corrected chi connectivity index (χ4v) is 3.55. The van der Waals surface area contributed by atoms with Crippen LogP contribution in [-0.4, -0.2) is 29.0 Å². The molecule has 2 heterocycles. The van der Waals surface area contributed by atoms with Crippen molar-refractivity contribution in [1.29, 1.82) is 0 Å². The average molecular weight is 361 g/mol. The standard InChI is InChI=1S/C17H19N3O4S/c1-2-16-18-13(11-25-16)10-24-17(21)12-5-6-14(15(9-12)20(22)23)19-7-3-4-8-19/h5-6,9,11H,2-4,7-8,10H2,1H3. The van der Waals surface area contributed by atoms with E-state index >= 15 is 0 Å². The molecule has 2 aromatic rings. The van der Waals surface area contributed by atoms with Crippen molar-refractivity contribution in [3.8, 4) is 0 Å². The number of benzene rings is 1. The van der Waals surface area contributed by atoms with Crippen molar-refractivity contribution >= 4 is 28.7 Å². The van der Waals surface area contributed by atoms with Gasteiger partial charge < -0.3 is 9.64 Å². The van der Waals surface area contributed by atoms with Gasteiger partial charge in [0.2, 0.25) is 0 Å². The minimum Gasteiger partial charge on any atom is -0.456 e. The molecule has 0 N–H and O–H groups in total. The maximum absolute atomic E-state index is 12.2. The van der Waals surface area contributed by atoms with E-state index in [1.165, 1.54) is 17.4 Å². The maximum Gasteiger partial charge on any atom is 0.338 e. The highest BCUT2D eigenvalue weighted by Gasteiger charge is 2.24. The van der Waals surface area contributed by atoms with Crippen LogP contribution in [0.1, 0.15) is 40.8 Å². The summed E-state index contributed by atoms with van der Waals surface area (Å²) in [5.74, 6) is -0.581. The zero-order chi connectivity index (χ0) is 17.8. The van der Waals surface area contributed by atoms with Crippen molar-refractivity contribution < 1.29 is 14.5 Å². The van der Waals surface area contributed by atoms with E-state index in [1.807, 2.05) is 17.2 Å². The van der Waals surface area contributed by atoms with Gasteiger partial charge in [-0.1, -0.05) is 6.92 Å². The summed E-state index contributed by atoms with van der Waals surface area (Å²) in [4.78, 5) is 29.5. The molecule has 0 radical (unpaired) electrons. The molecular weight excluding hydrogens is 342 g/mol. The summed E-state index contributed by atoms with van der Waals surface area (Å²) >= 11 is 1.52. The number of rotatable bonds is 6. The molecule has 0 saturated carbocycles. The summed E-state index contributed by atoms with van der Waals surface area (Å²) in [6, 6.07) is 4.52. The lowest BCUT2D eigenvalue weighted by Crippen LogP contribution is -2.19. The molecule has 8 heteroatoms. The van der Waals surface area contributed by atoms with Gasteiger partial charge in [0.25, 0.3) is 5.69 Å². The molecule has 132 valence electrons. The SMILES string of the molecule is CCc1nc(COC(=O)c2ccc(N3CCCC3)c([N+](=O)[O-])c2)cs1. The first-order valence-corrected chi connectivity index (χ1v) is 9.10. The van der Waals surface area contributed by atoms with E-state index in [4.69, 9.17) is 4.74 Å². The van der Waals surface area contributed by atoms with Gasteiger partial charge >= 0.3 is 5.97 Å². The largest absolute Gasteiger partial charge is 0.456 e. The quantitative estimate of drug-likeness (QED) is 0.444. The van der Waals surface area contributed by atoms with Crippen LogP contribution in [0, 0.1) is 10.1 Å². The van der Waals surface area contributed by atoms with Gasteiger partial charge in [-0.2, -0.15) is 0 Å². The Morgan fingerprint density at radius 1 is 1.40 bits per heavy atom. The predicted molar refractivity (Wildman–Crippen MR) is 95.2 cm³/mol. The van der Waals surface area contributed by atoms with Crippen molar-refractivity contribution in [3.05, 3.63) is 50.0 Å². The lowest BCUT2D eigenvalue weighted by Gasteiger charge is -2.17. The van der Waals surface area contributed by atoms with Crippen molar-refractivity contribution in [2.24, 2.45) is 0 Å². The second kappa shape index (κ2) is 7.60. The van der Waals surface area contributed by atoms with Gasteiger partial charge in [0.1, 0.15) is 12.3 Å². The number of aromatic nitrogens is 1. The van der Waals surface area contributed by atoms with Crippen LogP contribution in [0.5, 0.6) is 0 Å². The third kappa shape index (κ3) is 3.96. The maximum atomic E-state index is 12.2. The van der Waals surface area contributed by atoms with Crippen LogP contribution in [0.25, 0.3) is 0 Å². The second-order valence-electron chi connectivity index (χ2n) is 5.82. The topological polar surface area (TPSA) is 85.6 Å². The molecule has 1 saturated heterocycles. The van der Waals surface area contributed by atoms with Gasteiger partial charge in [-0.3, -0.25) is 10.1 Å². The summed E-state index contributed by atoms with van der Waals surface area (Å²) in [6.07, 6.45) is 2.88. The molecule has 1 fully saturated rings. The van der Waals surface area contributed by atoms with Crippen LogP contribution in [0.2, 0.25) is 0 Å². The first-order valence-electron chi connectivity index (χ1n) is 8.22. The van der Waals surface area contributed by atoms with Crippen LogP contribution in [0.15, 0.2) is 23.6 Å². The molecule has 0 spiro atoms. The number of ether oxygens (including phenoxy) is 1. The van der Waals surface area contributed by atoms with Crippen molar-refractivity contribution in [2.45, 2.75) is 32.8 Å². The molecule has 7 nitrogen and oxygen atoms in total. The lowest BCUT2D eigenvalue weighted by molar-refractivity contribution is -0.384. The Labute approximate surface area is 149 Å². The Kier molecular flexibility index (Phi) is 5.28. The average Bonchev–Trinajstić information content (AvgIpc) is 3.30. The van der Waals surface area contributed by atoms with Gasteiger partial charge in [0.15, 0.2) is 0 Å². The molecular formula is C17H19N3O4S. The number of anilines is 1. The number of aryl methyl sites for hydroxylation is 1. The van der Waals surface area contributed by atoms with Gasteiger partial charge in [0, 0.05) is 24.5 Å². The Morgan fingerprint density at radius 2 is 2.16 bits per heavy atom. The first kappa shape index (κ1) is 17.3. The minimum absolute atomic E-state index is 0.0572. The molecule has 1 aliphatic rings. The van der Waals surface area contributed by atoms with Gasteiger partial charge in [0.05, 0.1) is 21.2 Å². The molecule has 0 amide bonds. The highest BCUT2D eigenvalue weighted by Crippen LogP contribution is 2.31. The number of hydrogen-bond donors (Lipinski definition) is 0. The van der Waals surface area contributed by atoms with Crippen molar-refractivity contribution in [3.63, 3.8) is 0 Å². The summed E-state index contributed by atoms with van der Waals surface area (Å²) in [7, 11) is 0. The number of carbonyl (C=O) groups excluding carboxylic acids is 1. The van der Waals surface area contributed by atoms with Gasteiger partial charge in [-0.25, -0.2) is 9.78 Å². The second-order valence-corrected chi connectivity index (χ2v) is 6.76. The van der Waals surface area contributed by atoms with E-state index in [0.717, 1.165) is 37.4 Å². The summed E-state index contributed by atoms with van der Waals surface area (Å²) in [5.41, 5.74) is 1.38. The Morgan fingerprint density at radius 3 is 2.80 bits per heavy atom. The molecule has 0 unspecified atom stereocenters. The number of nitro groups is 1. The Hall–Kier alpha value is -2.48. The van der Waals surface area contributed by atoms with Gasteiger partial charge in [-0.05, 0) is 31.4 Å². The smallest absolute Gasteiger partial charge is 0.338 e. The zero-order valence-corrected chi connectivity index (χ0v) is 14.8. The van der Waals surface area contributed by atoms with E-state index in [9.17, 15) is 14.9 Å². The fraction of sp³-hybridized carbons (Fsp3) is 0.412. The van der Waals surface area contributed by atoms with Crippen molar-refractivity contribution in [1.82, 2.24) is 4.98 Å². The van der Waals surface area contributed by atoms with Crippen LogP contribution < -0.4 is 4.90 Å². The van der Waals surface area contributed by atoms with E-state index in [2.05, 4.69) is 4.98 Å². The Balaban J connectivity index is 1.73. The van der Waals surface area contributed by atoms with Crippen LogP contribution in [0.3, 0.4) is 0 Å². The monoisotopic (exact) mass is 361 g/mol. The van der Waals surface area contributed by atoms with Crippen LogP contribution in [0.4, 0.5) is 11.4 Å². The molecule has 1 aliphatic heterocycles. The lowest BCUT2D eigenvalue weighted by atomic mass is 10.1. The van der Waals surface area contributed by atoms with Crippen LogP contribution >= 0.6 is 11.3 Å². The van der Waals surface area contributed by atoms with E-state index in [0.29, 0.717) is 11.4 Å². The zero-order valence-electron chi connectivity index (χ0n) is 13.9. The molecule has 1 aromatic carbocycles. The van der Waals surface area contributed by atoms with E-state index < -0.39 is 10.9 Å². The summed E-state index contributed by atoms with van der Waals surface area (Å²) in [6.45, 7) is 3.68. The fourth-order valence-electron chi connectivity index (χ4n) is 2.82. The Bertz CT molecular complexity index is 784. The third-order valence-electron chi connectivity index (χ3n) is 4.11. The number of nitrogens with zero attached hydrogens (tertiary/aromatic N) is 3. The molecule has 0 aliphatic carbocycles. The highest BCUT2D eigenvalue weighted by atomic mass is 32.1. The normalized spacial score (nSPS) is 13.9. The number of hydrogen-bond acceptors (Lipinski definition) is 7. The molecule has 25 heavy (non-hydrogen) atoms. The summed E-state index contributed by atoms with van der Waals surface area (Å²) in [5, 5.41) is 14.2. The van der Waals surface area contributed by atoms with Crippen molar-refractivity contribution in [2.75, 3.05) is 18.0 Å². The number of esters is 1.